The van der Waals surface area contributed by atoms with Crippen molar-refractivity contribution in [3.05, 3.63) is 29.8 Å². The van der Waals surface area contributed by atoms with Crippen LogP contribution in [0.1, 0.15) is 24.8 Å². The summed E-state index contributed by atoms with van der Waals surface area (Å²) in [6.07, 6.45) is 2.55. The molecule has 1 atom stereocenters. The summed E-state index contributed by atoms with van der Waals surface area (Å²) in [5.74, 6) is 0.215. The number of piperidine rings is 1. The Bertz CT molecular complexity index is 655. The standard InChI is InChI=1S/C18H23N3O3/c22-17-11-13-3-1-2-4-16(13)21(17)14-5-8-19(9-6-14)15-7-10-20(12-15)18(23)24/h1-4,14-15H,5-12H2,(H,23,24)/t15-/m1/s1. The third-order valence-electron chi connectivity index (χ3n) is 5.68. The van der Waals surface area contributed by atoms with Crippen LogP contribution in [0.15, 0.2) is 24.3 Å². The lowest BCUT2D eigenvalue weighted by Crippen LogP contribution is -2.49. The number of rotatable bonds is 2. The highest BCUT2D eigenvalue weighted by Gasteiger charge is 2.37. The maximum atomic E-state index is 12.4. The molecule has 0 aromatic heterocycles. The Morgan fingerprint density at radius 1 is 1.04 bits per heavy atom. The minimum Gasteiger partial charge on any atom is -0.465 e. The lowest BCUT2D eigenvalue weighted by atomic mass is 10.0. The average Bonchev–Trinajstić information content (AvgIpc) is 3.19. The quantitative estimate of drug-likeness (QED) is 0.898. The summed E-state index contributed by atoms with van der Waals surface area (Å²) >= 11 is 0. The van der Waals surface area contributed by atoms with Crippen LogP contribution < -0.4 is 4.90 Å². The number of carbonyl (C=O) groups excluding carboxylic acids is 1. The SMILES string of the molecule is O=C(O)N1CC[C@@H](N2CCC(N3C(=O)Cc4ccccc43)CC2)C1. The maximum absolute atomic E-state index is 12.4. The average molecular weight is 329 g/mol. The Morgan fingerprint density at radius 3 is 2.46 bits per heavy atom. The lowest BCUT2D eigenvalue weighted by molar-refractivity contribution is -0.118. The Labute approximate surface area is 141 Å². The molecule has 6 nitrogen and oxygen atoms in total. The Morgan fingerprint density at radius 2 is 1.75 bits per heavy atom. The highest BCUT2D eigenvalue weighted by atomic mass is 16.4. The number of fused-ring (bicyclic) bond motifs is 1. The first-order chi connectivity index (χ1) is 11.6. The lowest BCUT2D eigenvalue weighted by Gasteiger charge is -2.39. The molecular formula is C18H23N3O3. The Hall–Kier alpha value is -2.08. The van der Waals surface area contributed by atoms with Crippen molar-refractivity contribution >= 4 is 17.7 Å². The molecule has 2 fully saturated rings. The number of likely N-dealkylation sites (tertiary alicyclic amines) is 2. The number of hydrogen-bond donors (Lipinski definition) is 1. The summed E-state index contributed by atoms with van der Waals surface area (Å²) in [6.45, 7) is 3.13. The minimum absolute atomic E-state index is 0.215. The van der Waals surface area contributed by atoms with Gasteiger partial charge in [0.1, 0.15) is 0 Å². The van der Waals surface area contributed by atoms with Gasteiger partial charge >= 0.3 is 6.09 Å². The van der Waals surface area contributed by atoms with Crippen LogP contribution in [0, 0.1) is 0 Å². The van der Waals surface area contributed by atoms with E-state index in [1.807, 2.05) is 29.2 Å². The number of carbonyl (C=O) groups is 2. The summed E-state index contributed by atoms with van der Waals surface area (Å²) < 4.78 is 0. The molecule has 0 aliphatic carbocycles. The van der Waals surface area contributed by atoms with Crippen LogP contribution in [0.5, 0.6) is 0 Å². The molecule has 3 heterocycles. The van der Waals surface area contributed by atoms with Gasteiger partial charge in [-0.15, -0.1) is 0 Å². The second kappa shape index (κ2) is 6.09. The molecule has 0 bridgehead atoms. The molecule has 2 saturated heterocycles. The van der Waals surface area contributed by atoms with Crippen LogP contribution in [0.3, 0.4) is 0 Å². The van der Waals surface area contributed by atoms with E-state index < -0.39 is 6.09 Å². The number of nitrogens with zero attached hydrogens (tertiary/aromatic N) is 3. The first kappa shape index (κ1) is 15.4. The van der Waals surface area contributed by atoms with Gasteiger partial charge in [0.25, 0.3) is 0 Å². The predicted molar refractivity (Wildman–Crippen MR) is 90.2 cm³/mol. The molecule has 0 saturated carbocycles. The van der Waals surface area contributed by atoms with Crippen LogP contribution in [-0.2, 0) is 11.2 Å². The van der Waals surface area contributed by atoms with Crippen molar-refractivity contribution in [3.8, 4) is 0 Å². The normalized spacial score (nSPS) is 25.3. The summed E-state index contributed by atoms with van der Waals surface area (Å²) in [5.41, 5.74) is 2.22. The summed E-state index contributed by atoms with van der Waals surface area (Å²) in [6, 6.07) is 8.69. The van der Waals surface area contributed by atoms with Crippen molar-refractivity contribution in [1.82, 2.24) is 9.80 Å². The van der Waals surface area contributed by atoms with Crippen LogP contribution in [-0.4, -0.2) is 65.2 Å². The molecule has 3 aliphatic rings. The van der Waals surface area contributed by atoms with E-state index in [0.717, 1.165) is 43.6 Å². The van der Waals surface area contributed by atoms with Crippen molar-refractivity contribution in [1.29, 1.82) is 0 Å². The van der Waals surface area contributed by atoms with E-state index in [-0.39, 0.29) is 11.9 Å². The van der Waals surface area contributed by atoms with Gasteiger partial charge in [-0.25, -0.2) is 4.79 Å². The van der Waals surface area contributed by atoms with Gasteiger partial charge in [-0.1, -0.05) is 18.2 Å². The van der Waals surface area contributed by atoms with Crippen LogP contribution in [0.4, 0.5) is 10.5 Å². The molecule has 1 aromatic rings. The Kier molecular flexibility index (Phi) is 3.92. The van der Waals surface area contributed by atoms with E-state index in [1.165, 1.54) is 4.90 Å². The van der Waals surface area contributed by atoms with Gasteiger partial charge in [-0.2, -0.15) is 0 Å². The van der Waals surface area contributed by atoms with Gasteiger partial charge in [0, 0.05) is 44.0 Å². The Balaban J connectivity index is 1.39. The highest BCUT2D eigenvalue weighted by Crippen LogP contribution is 2.33. The third-order valence-corrected chi connectivity index (χ3v) is 5.68. The van der Waals surface area contributed by atoms with Crippen LogP contribution in [0.2, 0.25) is 0 Å². The smallest absolute Gasteiger partial charge is 0.407 e. The molecule has 3 aliphatic heterocycles. The number of benzene rings is 1. The van der Waals surface area contributed by atoms with E-state index in [4.69, 9.17) is 5.11 Å². The summed E-state index contributed by atoms with van der Waals surface area (Å²) in [7, 11) is 0. The summed E-state index contributed by atoms with van der Waals surface area (Å²) in [4.78, 5) is 29.4. The van der Waals surface area contributed by atoms with Crippen molar-refractivity contribution in [2.75, 3.05) is 31.1 Å². The van der Waals surface area contributed by atoms with E-state index in [2.05, 4.69) is 4.90 Å². The van der Waals surface area contributed by atoms with Gasteiger partial charge in [0.2, 0.25) is 5.91 Å². The monoisotopic (exact) mass is 329 g/mol. The molecule has 6 heteroatoms. The molecule has 0 radical (unpaired) electrons. The van der Waals surface area contributed by atoms with Gasteiger partial charge < -0.3 is 14.9 Å². The predicted octanol–water partition coefficient (Wildman–Crippen LogP) is 1.79. The van der Waals surface area contributed by atoms with Crippen molar-refractivity contribution in [2.24, 2.45) is 0 Å². The third kappa shape index (κ3) is 2.65. The molecule has 1 aromatic carbocycles. The van der Waals surface area contributed by atoms with Crippen molar-refractivity contribution < 1.29 is 14.7 Å². The number of para-hydroxylation sites is 1. The number of amides is 2. The van der Waals surface area contributed by atoms with Gasteiger partial charge in [0.15, 0.2) is 0 Å². The van der Waals surface area contributed by atoms with E-state index in [1.54, 1.807) is 0 Å². The van der Waals surface area contributed by atoms with Crippen molar-refractivity contribution in [2.45, 2.75) is 37.8 Å². The van der Waals surface area contributed by atoms with E-state index in [0.29, 0.717) is 25.6 Å². The van der Waals surface area contributed by atoms with E-state index >= 15 is 0 Å². The fraction of sp³-hybridized carbons (Fsp3) is 0.556. The molecular weight excluding hydrogens is 306 g/mol. The number of carboxylic acid groups (broad SMARTS) is 1. The number of hydrogen-bond acceptors (Lipinski definition) is 3. The highest BCUT2D eigenvalue weighted by molar-refractivity contribution is 6.01. The first-order valence-corrected chi connectivity index (χ1v) is 8.75. The van der Waals surface area contributed by atoms with E-state index in [9.17, 15) is 9.59 Å². The largest absolute Gasteiger partial charge is 0.465 e. The zero-order valence-electron chi connectivity index (χ0n) is 13.7. The van der Waals surface area contributed by atoms with Crippen LogP contribution >= 0.6 is 0 Å². The van der Waals surface area contributed by atoms with Gasteiger partial charge in [-0.3, -0.25) is 9.69 Å². The molecule has 0 unspecified atom stereocenters. The van der Waals surface area contributed by atoms with Gasteiger partial charge in [-0.05, 0) is 30.9 Å². The zero-order chi connectivity index (χ0) is 16.7. The maximum Gasteiger partial charge on any atom is 0.407 e. The fourth-order valence-corrected chi connectivity index (χ4v) is 4.40. The fourth-order valence-electron chi connectivity index (χ4n) is 4.40. The molecule has 0 spiro atoms. The molecule has 2 amide bonds. The van der Waals surface area contributed by atoms with Crippen LogP contribution in [0.25, 0.3) is 0 Å². The molecule has 4 rings (SSSR count). The molecule has 1 N–H and O–H groups in total. The summed E-state index contributed by atoms with van der Waals surface area (Å²) in [5, 5.41) is 9.10. The van der Waals surface area contributed by atoms with Crippen molar-refractivity contribution in [3.63, 3.8) is 0 Å². The molecule has 24 heavy (non-hydrogen) atoms. The topological polar surface area (TPSA) is 64.1 Å². The minimum atomic E-state index is -0.813. The second-order valence-electron chi connectivity index (χ2n) is 7.01. The second-order valence-corrected chi connectivity index (χ2v) is 7.01. The van der Waals surface area contributed by atoms with Gasteiger partial charge in [0.05, 0.1) is 6.42 Å². The zero-order valence-corrected chi connectivity index (χ0v) is 13.7. The first-order valence-electron chi connectivity index (χ1n) is 8.75. The molecule has 128 valence electrons. The number of anilines is 1.